The van der Waals surface area contributed by atoms with E-state index in [-0.39, 0.29) is 0 Å². The van der Waals surface area contributed by atoms with Crippen LogP contribution in [0.5, 0.6) is 5.75 Å². The van der Waals surface area contributed by atoms with E-state index in [1.165, 1.54) is 0 Å². The van der Waals surface area contributed by atoms with E-state index in [0.717, 1.165) is 33.3 Å². The number of rotatable bonds is 2. The summed E-state index contributed by atoms with van der Waals surface area (Å²) in [5.74, 6) is 0.814. The fourth-order valence-corrected chi connectivity index (χ4v) is 2.75. The van der Waals surface area contributed by atoms with Crippen LogP contribution >= 0.6 is 27.5 Å². The van der Waals surface area contributed by atoms with Crippen molar-refractivity contribution in [3.63, 3.8) is 0 Å². The molecule has 1 aliphatic heterocycles. The van der Waals surface area contributed by atoms with E-state index in [9.17, 15) is 5.11 Å². The molecule has 2 aromatic rings. The summed E-state index contributed by atoms with van der Waals surface area (Å²) in [6.45, 7) is 0.681. The number of aliphatic hydroxyl groups excluding tert-OH is 1. The quantitative estimate of drug-likeness (QED) is 0.892. The molecule has 0 saturated heterocycles. The fourth-order valence-electron chi connectivity index (χ4n) is 2.32. The van der Waals surface area contributed by atoms with E-state index in [1.807, 2.05) is 30.3 Å². The van der Waals surface area contributed by atoms with Crippen molar-refractivity contribution in [2.75, 3.05) is 6.61 Å². The van der Waals surface area contributed by atoms with Gasteiger partial charge in [-0.2, -0.15) is 0 Å². The molecule has 3 rings (SSSR count). The third-order valence-corrected chi connectivity index (χ3v) is 4.53. The van der Waals surface area contributed by atoms with E-state index in [0.29, 0.717) is 11.6 Å². The minimum Gasteiger partial charge on any atom is -0.493 e. The highest BCUT2D eigenvalue weighted by atomic mass is 79.9. The van der Waals surface area contributed by atoms with Crippen molar-refractivity contribution in [1.29, 1.82) is 0 Å². The Balaban J connectivity index is 2.02. The highest BCUT2D eigenvalue weighted by molar-refractivity contribution is 9.10. The second-order valence-electron chi connectivity index (χ2n) is 4.51. The van der Waals surface area contributed by atoms with Crippen molar-refractivity contribution in [2.24, 2.45) is 0 Å². The van der Waals surface area contributed by atoms with Gasteiger partial charge in [0.1, 0.15) is 11.9 Å². The van der Waals surface area contributed by atoms with Gasteiger partial charge in [-0.15, -0.1) is 0 Å². The van der Waals surface area contributed by atoms with E-state index >= 15 is 0 Å². The number of benzene rings is 2. The van der Waals surface area contributed by atoms with Gasteiger partial charge in [-0.3, -0.25) is 0 Å². The van der Waals surface area contributed by atoms with Crippen LogP contribution in [0, 0.1) is 0 Å². The number of ether oxygens (including phenoxy) is 1. The average molecular weight is 340 g/mol. The molecular weight excluding hydrogens is 328 g/mol. The number of para-hydroxylation sites is 1. The van der Waals surface area contributed by atoms with Gasteiger partial charge < -0.3 is 9.84 Å². The number of hydrogen-bond donors (Lipinski definition) is 1. The van der Waals surface area contributed by atoms with Crippen molar-refractivity contribution in [2.45, 2.75) is 12.5 Å². The third-order valence-electron chi connectivity index (χ3n) is 3.30. The SMILES string of the molecule is OC(c1ccc(Br)c(Cl)c1)c1cccc2c1OCC2. The van der Waals surface area contributed by atoms with Crippen molar-refractivity contribution in [1.82, 2.24) is 0 Å². The Labute approximate surface area is 125 Å². The monoisotopic (exact) mass is 338 g/mol. The molecule has 98 valence electrons. The number of halogens is 2. The summed E-state index contributed by atoms with van der Waals surface area (Å²) in [6, 6.07) is 11.3. The largest absolute Gasteiger partial charge is 0.493 e. The molecule has 1 aliphatic rings. The van der Waals surface area contributed by atoms with Crippen LogP contribution in [0.3, 0.4) is 0 Å². The smallest absolute Gasteiger partial charge is 0.128 e. The standard InChI is InChI=1S/C15H12BrClO2/c16-12-5-4-10(8-13(12)17)14(18)11-3-1-2-9-6-7-19-15(9)11/h1-5,8,14,18H,6-7H2. The molecule has 4 heteroatoms. The Morgan fingerprint density at radius 1 is 1.26 bits per heavy atom. The first-order valence-electron chi connectivity index (χ1n) is 6.04. The van der Waals surface area contributed by atoms with Gasteiger partial charge in [0, 0.05) is 16.5 Å². The lowest BCUT2D eigenvalue weighted by Gasteiger charge is -2.15. The van der Waals surface area contributed by atoms with Crippen LogP contribution in [-0.4, -0.2) is 11.7 Å². The van der Waals surface area contributed by atoms with Gasteiger partial charge in [-0.25, -0.2) is 0 Å². The molecule has 0 amide bonds. The Bertz CT molecular complexity index is 628. The molecule has 0 aliphatic carbocycles. The Morgan fingerprint density at radius 3 is 2.89 bits per heavy atom. The van der Waals surface area contributed by atoms with Gasteiger partial charge >= 0.3 is 0 Å². The molecule has 1 N–H and O–H groups in total. The maximum Gasteiger partial charge on any atom is 0.128 e. The van der Waals surface area contributed by atoms with Crippen LogP contribution in [-0.2, 0) is 6.42 Å². The van der Waals surface area contributed by atoms with Gasteiger partial charge in [-0.05, 0) is 39.2 Å². The highest BCUT2D eigenvalue weighted by Crippen LogP contribution is 2.37. The van der Waals surface area contributed by atoms with Crippen molar-refractivity contribution < 1.29 is 9.84 Å². The maximum atomic E-state index is 10.5. The Kier molecular flexibility index (Phi) is 3.52. The van der Waals surface area contributed by atoms with Crippen molar-refractivity contribution in [3.05, 3.63) is 62.6 Å². The zero-order valence-corrected chi connectivity index (χ0v) is 12.4. The molecule has 0 bridgehead atoms. The number of fused-ring (bicyclic) bond motifs is 1. The molecule has 1 heterocycles. The lowest BCUT2D eigenvalue weighted by atomic mass is 9.98. The topological polar surface area (TPSA) is 29.5 Å². The molecular formula is C15H12BrClO2. The summed E-state index contributed by atoms with van der Waals surface area (Å²) in [7, 11) is 0. The fraction of sp³-hybridized carbons (Fsp3) is 0.200. The van der Waals surface area contributed by atoms with Crippen molar-refractivity contribution in [3.8, 4) is 5.75 Å². The highest BCUT2D eigenvalue weighted by Gasteiger charge is 2.22. The molecule has 1 atom stereocenters. The maximum absolute atomic E-state index is 10.5. The van der Waals surface area contributed by atoms with Crippen LogP contribution in [0.4, 0.5) is 0 Å². The predicted octanol–water partition coefficient (Wildman–Crippen LogP) is 4.12. The second kappa shape index (κ2) is 5.16. The van der Waals surface area contributed by atoms with Gasteiger partial charge in [-0.1, -0.05) is 35.9 Å². The van der Waals surface area contributed by atoms with Crippen LogP contribution in [0.15, 0.2) is 40.9 Å². The zero-order valence-electron chi connectivity index (χ0n) is 10.1. The van der Waals surface area contributed by atoms with Gasteiger partial charge in [0.05, 0.1) is 11.6 Å². The van der Waals surface area contributed by atoms with Crippen LogP contribution in [0.1, 0.15) is 22.8 Å². The minimum atomic E-state index is -0.723. The lowest BCUT2D eigenvalue weighted by Crippen LogP contribution is -2.02. The third kappa shape index (κ3) is 2.38. The molecule has 0 fully saturated rings. The second-order valence-corrected chi connectivity index (χ2v) is 5.77. The van der Waals surface area contributed by atoms with Crippen LogP contribution in [0.2, 0.25) is 5.02 Å². The molecule has 2 nitrogen and oxygen atoms in total. The zero-order chi connectivity index (χ0) is 13.4. The van der Waals surface area contributed by atoms with Gasteiger partial charge in [0.15, 0.2) is 0 Å². The first-order valence-corrected chi connectivity index (χ1v) is 7.21. The lowest BCUT2D eigenvalue weighted by molar-refractivity contribution is 0.213. The molecule has 0 saturated carbocycles. The first kappa shape index (κ1) is 13.0. The van der Waals surface area contributed by atoms with E-state index in [2.05, 4.69) is 15.9 Å². The average Bonchev–Trinajstić information content (AvgIpc) is 2.89. The summed E-state index contributed by atoms with van der Waals surface area (Å²) >= 11 is 9.42. The normalized spacial score (nSPS) is 14.9. The summed E-state index contributed by atoms with van der Waals surface area (Å²) in [5.41, 5.74) is 2.71. The molecule has 0 radical (unpaired) electrons. The van der Waals surface area contributed by atoms with Gasteiger partial charge in [0.2, 0.25) is 0 Å². The summed E-state index contributed by atoms with van der Waals surface area (Å²) in [6.07, 6.45) is 0.176. The molecule has 1 unspecified atom stereocenters. The minimum absolute atomic E-state index is 0.588. The number of hydrogen-bond acceptors (Lipinski definition) is 2. The summed E-state index contributed by atoms with van der Waals surface area (Å²) in [4.78, 5) is 0. The Morgan fingerprint density at radius 2 is 2.11 bits per heavy atom. The van der Waals surface area contributed by atoms with E-state index in [1.54, 1.807) is 6.07 Å². The first-order chi connectivity index (χ1) is 9.16. The summed E-state index contributed by atoms with van der Waals surface area (Å²) in [5, 5.41) is 11.1. The van der Waals surface area contributed by atoms with Crippen LogP contribution < -0.4 is 4.74 Å². The van der Waals surface area contributed by atoms with Crippen molar-refractivity contribution >= 4 is 27.5 Å². The molecule has 19 heavy (non-hydrogen) atoms. The molecule has 2 aromatic carbocycles. The molecule has 0 aromatic heterocycles. The Hall–Kier alpha value is -1.03. The molecule has 0 spiro atoms. The number of aliphatic hydroxyl groups is 1. The van der Waals surface area contributed by atoms with E-state index in [4.69, 9.17) is 16.3 Å². The summed E-state index contributed by atoms with van der Waals surface area (Å²) < 4.78 is 6.44. The predicted molar refractivity (Wildman–Crippen MR) is 78.9 cm³/mol. The van der Waals surface area contributed by atoms with Gasteiger partial charge in [0.25, 0.3) is 0 Å². The van der Waals surface area contributed by atoms with E-state index < -0.39 is 6.10 Å². The van der Waals surface area contributed by atoms with Crippen LogP contribution in [0.25, 0.3) is 0 Å².